The highest BCUT2D eigenvalue weighted by Gasteiger charge is 2.16. The van der Waals surface area contributed by atoms with E-state index in [9.17, 15) is 0 Å². The van der Waals surface area contributed by atoms with Gasteiger partial charge in [0.2, 0.25) is 0 Å². The van der Waals surface area contributed by atoms with Gasteiger partial charge < -0.3 is 5.32 Å². The van der Waals surface area contributed by atoms with Gasteiger partial charge in [0.25, 0.3) is 0 Å². The standard InChI is InChI=1S/C12H14Br2N2/c1-8-4-3-7-15-12(8)16-11-9(13)5-2-6-10(11)14/h2,5-6,8H,3-4,7H2,1H3,(H,15,16). The van der Waals surface area contributed by atoms with Gasteiger partial charge in [0.1, 0.15) is 5.84 Å². The molecule has 1 aliphatic rings. The Morgan fingerprint density at radius 2 is 2.00 bits per heavy atom. The number of hydrogen-bond donors (Lipinski definition) is 1. The van der Waals surface area contributed by atoms with Gasteiger partial charge in [-0.3, -0.25) is 0 Å². The molecule has 0 radical (unpaired) electrons. The van der Waals surface area contributed by atoms with Gasteiger partial charge in [-0.25, -0.2) is 4.99 Å². The summed E-state index contributed by atoms with van der Waals surface area (Å²) < 4.78 is 2.04. The van der Waals surface area contributed by atoms with Gasteiger partial charge in [0.05, 0.1) is 5.69 Å². The van der Waals surface area contributed by atoms with Crippen LogP contribution in [0, 0.1) is 5.92 Å². The van der Waals surface area contributed by atoms with Gasteiger partial charge in [0.15, 0.2) is 0 Å². The molecule has 1 fully saturated rings. The quantitative estimate of drug-likeness (QED) is 0.807. The first-order chi connectivity index (χ1) is 7.68. The molecule has 0 amide bonds. The van der Waals surface area contributed by atoms with Crippen LogP contribution in [0.1, 0.15) is 19.8 Å². The number of para-hydroxylation sites is 1. The Morgan fingerprint density at radius 3 is 2.62 bits per heavy atom. The molecule has 2 nitrogen and oxygen atoms in total. The van der Waals surface area contributed by atoms with Crippen molar-refractivity contribution < 1.29 is 0 Å². The van der Waals surface area contributed by atoms with Crippen LogP contribution >= 0.6 is 31.9 Å². The van der Waals surface area contributed by atoms with Crippen LogP contribution in [0.3, 0.4) is 0 Å². The van der Waals surface area contributed by atoms with E-state index < -0.39 is 0 Å². The molecule has 0 saturated carbocycles. The maximum Gasteiger partial charge on any atom is 0.105 e. The molecule has 1 aromatic rings. The number of aliphatic imine (C=N–C) groups is 1. The maximum absolute atomic E-state index is 4.71. The Bertz CT molecular complexity index is 395. The molecule has 4 heteroatoms. The zero-order chi connectivity index (χ0) is 11.5. The van der Waals surface area contributed by atoms with Gasteiger partial charge in [-0.15, -0.1) is 0 Å². The zero-order valence-electron chi connectivity index (χ0n) is 9.13. The second-order valence-corrected chi connectivity index (χ2v) is 5.75. The number of rotatable bonds is 1. The van der Waals surface area contributed by atoms with Crippen molar-refractivity contribution in [3.63, 3.8) is 0 Å². The van der Waals surface area contributed by atoms with Crippen molar-refractivity contribution in [3.05, 3.63) is 27.1 Å². The summed E-state index contributed by atoms with van der Waals surface area (Å²) in [6.07, 6.45) is 2.45. The summed E-state index contributed by atoms with van der Waals surface area (Å²) in [7, 11) is 0. The second-order valence-electron chi connectivity index (χ2n) is 4.04. The molecule has 0 aliphatic carbocycles. The largest absolute Gasteiger partial charge is 0.373 e. The molecular formula is C12H14Br2N2. The second kappa shape index (κ2) is 5.32. The number of halogens is 2. The predicted molar refractivity (Wildman–Crippen MR) is 75.3 cm³/mol. The number of nitrogens with zero attached hydrogens (tertiary/aromatic N) is 1. The summed E-state index contributed by atoms with van der Waals surface area (Å²) in [6.45, 7) is 3.25. The highest BCUT2D eigenvalue weighted by Crippen LogP contribution is 2.34. The summed E-state index contributed by atoms with van der Waals surface area (Å²) in [5.41, 5.74) is 0.971. The predicted octanol–water partition coefficient (Wildman–Crippen LogP) is 4.26. The molecular weight excluding hydrogens is 332 g/mol. The normalized spacial score (nSPS) is 23.2. The van der Waals surface area contributed by atoms with Gasteiger partial charge in [-0.05, 0) is 56.8 Å². The zero-order valence-corrected chi connectivity index (χ0v) is 12.3. The van der Waals surface area contributed by atoms with Gasteiger partial charge in [-0.1, -0.05) is 13.0 Å². The Labute approximate surface area is 113 Å². The summed E-state index contributed by atoms with van der Waals surface area (Å²) in [5.74, 6) is 1.62. The van der Waals surface area contributed by atoms with Crippen LogP contribution in [-0.4, -0.2) is 12.4 Å². The van der Waals surface area contributed by atoms with Crippen molar-refractivity contribution in [2.24, 2.45) is 10.9 Å². The van der Waals surface area contributed by atoms with E-state index >= 15 is 0 Å². The van der Waals surface area contributed by atoms with Crippen LogP contribution in [0.2, 0.25) is 0 Å². The van der Waals surface area contributed by atoms with Crippen molar-refractivity contribution in [3.8, 4) is 0 Å². The van der Waals surface area contributed by atoms with E-state index in [2.05, 4.69) is 44.1 Å². The molecule has 0 spiro atoms. The monoisotopic (exact) mass is 344 g/mol. The average Bonchev–Trinajstić information content (AvgIpc) is 2.26. The lowest BCUT2D eigenvalue weighted by molar-refractivity contribution is 0.560. The molecule has 2 rings (SSSR count). The molecule has 16 heavy (non-hydrogen) atoms. The van der Waals surface area contributed by atoms with Crippen LogP contribution < -0.4 is 5.32 Å². The molecule has 0 aromatic heterocycles. The highest BCUT2D eigenvalue weighted by molar-refractivity contribution is 9.11. The van der Waals surface area contributed by atoms with Crippen molar-refractivity contribution in [1.82, 2.24) is 5.32 Å². The first-order valence-corrected chi connectivity index (χ1v) is 7.03. The average molecular weight is 346 g/mol. The Balaban J connectivity index is 2.34. The number of piperidine rings is 1. The Hall–Kier alpha value is -0.350. The van der Waals surface area contributed by atoms with Crippen LogP contribution in [0.5, 0.6) is 0 Å². The van der Waals surface area contributed by atoms with E-state index in [4.69, 9.17) is 4.99 Å². The van der Waals surface area contributed by atoms with E-state index in [0.29, 0.717) is 5.92 Å². The number of amidine groups is 1. The SMILES string of the molecule is CC1CCCN/C1=N\c1c(Br)cccc1Br. The van der Waals surface area contributed by atoms with Gasteiger partial charge >= 0.3 is 0 Å². The molecule has 1 atom stereocenters. The third-order valence-corrected chi connectivity index (χ3v) is 4.04. The van der Waals surface area contributed by atoms with Crippen molar-refractivity contribution in [2.75, 3.05) is 6.54 Å². The van der Waals surface area contributed by atoms with Crippen LogP contribution in [-0.2, 0) is 0 Å². The molecule has 1 heterocycles. The fourth-order valence-corrected chi connectivity index (χ4v) is 2.98. The summed E-state index contributed by atoms with van der Waals surface area (Å²) in [4.78, 5) is 4.71. The minimum Gasteiger partial charge on any atom is -0.373 e. The van der Waals surface area contributed by atoms with Crippen molar-refractivity contribution in [1.29, 1.82) is 0 Å². The molecule has 1 unspecified atom stereocenters. The minimum absolute atomic E-state index is 0.521. The van der Waals surface area contributed by atoms with Crippen molar-refractivity contribution >= 4 is 43.4 Å². The maximum atomic E-state index is 4.71. The smallest absolute Gasteiger partial charge is 0.105 e. The van der Waals surface area contributed by atoms with Crippen LogP contribution in [0.15, 0.2) is 32.1 Å². The highest BCUT2D eigenvalue weighted by atomic mass is 79.9. The molecule has 1 aromatic carbocycles. The summed E-state index contributed by atoms with van der Waals surface area (Å²) in [5, 5.41) is 3.38. The third-order valence-electron chi connectivity index (χ3n) is 2.76. The van der Waals surface area contributed by atoms with E-state index in [1.807, 2.05) is 18.2 Å². The number of benzene rings is 1. The van der Waals surface area contributed by atoms with Crippen LogP contribution in [0.4, 0.5) is 5.69 Å². The third kappa shape index (κ3) is 2.66. The lowest BCUT2D eigenvalue weighted by atomic mass is 10.0. The van der Waals surface area contributed by atoms with E-state index in [-0.39, 0.29) is 0 Å². The first kappa shape index (κ1) is 12.1. The lowest BCUT2D eigenvalue weighted by Crippen LogP contribution is -2.35. The van der Waals surface area contributed by atoms with E-state index in [1.54, 1.807) is 0 Å². The Kier molecular flexibility index (Phi) is 4.03. The topological polar surface area (TPSA) is 24.4 Å². The molecule has 1 aliphatic heterocycles. The van der Waals surface area contributed by atoms with Gasteiger partial charge in [0, 0.05) is 21.4 Å². The lowest BCUT2D eigenvalue weighted by Gasteiger charge is -2.22. The minimum atomic E-state index is 0.521. The first-order valence-electron chi connectivity index (χ1n) is 5.45. The van der Waals surface area contributed by atoms with Crippen molar-refractivity contribution in [2.45, 2.75) is 19.8 Å². The summed E-state index contributed by atoms with van der Waals surface area (Å²) >= 11 is 7.06. The number of nitrogens with one attached hydrogen (secondary N) is 1. The fourth-order valence-electron chi connectivity index (χ4n) is 1.80. The summed E-state index contributed by atoms with van der Waals surface area (Å²) in [6, 6.07) is 6.02. The fraction of sp³-hybridized carbons (Fsp3) is 0.417. The molecule has 0 bridgehead atoms. The van der Waals surface area contributed by atoms with Gasteiger partial charge in [-0.2, -0.15) is 0 Å². The van der Waals surface area contributed by atoms with E-state index in [0.717, 1.165) is 27.0 Å². The van der Waals surface area contributed by atoms with E-state index in [1.165, 1.54) is 12.8 Å². The molecule has 1 saturated heterocycles. The molecule has 86 valence electrons. The van der Waals surface area contributed by atoms with Crippen LogP contribution in [0.25, 0.3) is 0 Å². The Morgan fingerprint density at radius 1 is 1.31 bits per heavy atom. The number of hydrogen-bond acceptors (Lipinski definition) is 1. The molecule has 1 N–H and O–H groups in total.